The highest BCUT2D eigenvalue weighted by atomic mass is 35.5. The lowest BCUT2D eigenvalue weighted by Crippen LogP contribution is -2.21. The van der Waals surface area contributed by atoms with Crippen LogP contribution in [-0.4, -0.2) is 12.6 Å². The molecule has 0 heterocycles. The van der Waals surface area contributed by atoms with Crippen molar-refractivity contribution in [2.45, 2.75) is 59.4 Å². The Hall–Kier alpha value is -0.890. The standard InChI is InChI=1S/C17H28ClNO/c1-5-10-20-17-9-8-14(18)12-16(17)19-15(7-3)11-13(4)6-2/h8-9,12-13,15,19H,5-7,10-11H2,1-4H3. The van der Waals surface area contributed by atoms with Crippen LogP contribution in [0.4, 0.5) is 5.69 Å². The Morgan fingerprint density at radius 2 is 1.95 bits per heavy atom. The highest BCUT2D eigenvalue weighted by Gasteiger charge is 2.13. The van der Waals surface area contributed by atoms with E-state index in [1.54, 1.807) is 0 Å². The number of anilines is 1. The molecule has 1 aromatic rings. The van der Waals surface area contributed by atoms with Gasteiger partial charge in [0.1, 0.15) is 5.75 Å². The van der Waals surface area contributed by atoms with Crippen molar-refractivity contribution in [1.82, 2.24) is 0 Å². The third-order valence-corrected chi connectivity index (χ3v) is 3.87. The topological polar surface area (TPSA) is 21.3 Å². The quantitative estimate of drug-likeness (QED) is 0.626. The van der Waals surface area contributed by atoms with Crippen molar-refractivity contribution in [3.63, 3.8) is 0 Å². The predicted octanol–water partition coefficient (Wildman–Crippen LogP) is 5.76. The van der Waals surface area contributed by atoms with Gasteiger partial charge in [0.05, 0.1) is 12.3 Å². The smallest absolute Gasteiger partial charge is 0.142 e. The average molecular weight is 298 g/mol. The van der Waals surface area contributed by atoms with Crippen LogP contribution in [0.15, 0.2) is 18.2 Å². The second kappa shape index (κ2) is 9.12. The minimum absolute atomic E-state index is 0.465. The summed E-state index contributed by atoms with van der Waals surface area (Å²) in [5.41, 5.74) is 1.01. The molecule has 2 nitrogen and oxygen atoms in total. The first kappa shape index (κ1) is 17.2. The number of halogens is 1. The third kappa shape index (κ3) is 5.62. The molecule has 0 radical (unpaired) electrons. The van der Waals surface area contributed by atoms with Gasteiger partial charge in [-0.1, -0.05) is 45.7 Å². The molecule has 1 aromatic carbocycles. The largest absolute Gasteiger partial charge is 0.491 e. The molecule has 0 saturated carbocycles. The average Bonchev–Trinajstić information content (AvgIpc) is 2.45. The Morgan fingerprint density at radius 1 is 1.20 bits per heavy atom. The molecule has 0 aromatic heterocycles. The lowest BCUT2D eigenvalue weighted by Gasteiger charge is -2.23. The molecule has 20 heavy (non-hydrogen) atoms. The van der Waals surface area contributed by atoms with E-state index in [2.05, 4.69) is 33.0 Å². The zero-order valence-electron chi connectivity index (χ0n) is 13.2. The second-order valence-corrected chi connectivity index (χ2v) is 5.92. The Bertz CT molecular complexity index is 395. The number of nitrogens with one attached hydrogen (secondary N) is 1. The van der Waals surface area contributed by atoms with Gasteiger partial charge in [-0.25, -0.2) is 0 Å². The van der Waals surface area contributed by atoms with Gasteiger partial charge in [0.25, 0.3) is 0 Å². The Kier molecular flexibility index (Phi) is 7.83. The summed E-state index contributed by atoms with van der Waals surface area (Å²) in [6.45, 7) is 9.61. The van der Waals surface area contributed by atoms with Crippen LogP contribution in [0.25, 0.3) is 0 Å². The van der Waals surface area contributed by atoms with Crippen LogP contribution in [0.2, 0.25) is 5.02 Å². The summed E-state index contributed by atoms with van der Waals surface area (Å²) in [6, 6.07) is 6.27. The van der Waals surface area contributed by atoms with Crippen LogP contribution in [0.5, 0.6) is 5.75 Å². The lowest BCUT2D eigenvalue weighted by atomic mass is 9.97. The summed E-state index contributed by atoms with van der Waals surface area (Å²) in [5, 5.41) is 4.35. The minimum Gasteiger partial charge on any atom is -0.491 e. The number of hydrogen-bond acceptors (Lipinski definition) is 2. The van der Waals surface area contributed by atoms with Gasteiger partial charge >= 0.3 is 0 Å². The maximum absolute atomic E-state index is 6.11. The zero-order chi connectivity index (χ0) is 15.0. The van der Waals surface area contributed by atoms with E-state index in [0.29, 0.717) is 6.04 Å². The normalized spacial score (nSPS) is 13.8. The molecule has 1 rings (SSSR count). The molecule has 2 unspecified atom stereocenters. The fraction of sp³-hybridized carbons (Fsp3) is 0.647. The molecule has 0 fully saturated rings. The SMILES string of the molecule is CCCOc1ccc(Cl)cc1NC(CC)CC(C)CC. The van der Waals surface area contributed by atoms with Crippen molar-refractivity contribution >= 4 is 17.3 Å². The van der Waals surface area contributed by atoms with Gasteiger partial charge in [-0.15, -0.1) is 0 Å². The molecule has 0 aliphatic rings. The molecule has 114 valence electrons. The fourth-order valence-electron chi connectivity index (χ4n) is 2.15. The number of hydrogen-bond donors (Lipinski definition) is 1. The van der Waals surface area contributed by atoms with Gasteiger partial charge in [-0.05, 0) is 43.4 Å². The van der Waals surface area contributed by atoms with Crippen LogP contribution >= 0.6 is 11.6 Å². The van der Waals surface area contributed by atoms with Gasteiger partial charge < -0.3 is 10.1 Å². The number of ether oxygens (including phenoxy) is 1. The fourth-order valence-corrected chi connectivity index (χ4v) is 2.32. The van der Waals surface area contributed by atoms with Gasteiger partial charge in [0.15, 0.2) is 0 Å². The maximum atomic E-state index is 6.11. The van der Waals surface area contributed by atoms with Crippen LogP contribution in [0, 0.1) is 5.92 Å². The molecular formula is C17H28ClNO. The highest BCUT2D eigenvalue weighted by Crippen LogP contribution is 2.30. The summed E-state index contributed by atoms with van der Waals surface area (Å²) in [7, 11) is 0. The number of benzene rings is 1. The first-order valence-corrected chi connectivity index (χ1v) is 8.17. The van der Waals surface area contributed by atoms with E-state index in [1.165, 1.54) is 12.8 Å². The van der Waals surface area contributed by atoms with Crippen LogP contribution < -0.4 is 10.1 Å². The molecule has 2 atom stereocenters. The van der Waals surface area contributed by atoms with Crippen molar-refractivity contribution in [3.05, 3.63) is 23.2 Å². The molecule has 0 aliphatic heterocycles. The summed E-state index contributed by atoms with van der Waals surface area (Å²) in [6.07, 6.45) is 4.50. The Balaban J connectivity index is 2.79. The molecule has 1 N–H and O–H groups in total. The summed E-state index contributed by atoms with van der Waals surface area (Å²) in [4.78, 5) is 0. The Labute approximate surface area is 128 Å². The maximum Gasteiger partial charge on any atom is 0.142 e. The lowest BCUT2D eigenvalue weighted by molar-refractivity contribution is 0.318. The molecule has 3 heteroatoms. The first-order valence-electron chi connectivity index (χ1n) is 7.79. The summed E-state index contributed by atoms with van der Waals surface area (Å²) < 4.78 is 5.80. The summed E-state index contributed by atoms with van der Waals surface area (Å²) >= 11 is 6.11. The van der Waals surface area contributed by atoms with E-state index in [9.17, 15) is 0 Å². The van der Waals surface area contributed by atoms with Crippen LogP contribution in [0.1, 0.15) is 53.4 Å². The Morgan fingerprint density at radius 3 is 2.55 bits per heavy atom. The van der Waals surface area contributed by atoms with Crippen molar-refractivity contribution in [3.8, 4) is 5.75 Å². The van der Waals surface area contributed by atoms with E-state index in [-0.39, 0.29) is 0 Å². The molecule has 0 saturated heterocycles. The van der Waals surface area contributed by atoms with E-state index >= 15 is 0 Å². The van der Waals surface area contributed by atoms with Crippen molar-refractivity contribution in [1.29, 1.82) is 0 Å². The third-order valence-electron chi connectivity index (χ3n) is 3.64. The molecule has 0 aliphatic carbocycles. The monoisotopic (exact) mass is 297 g/mol. The van der Waals surface area contributed by atoms with E-state index < -0.39 is 0 Å². The van der Waals surface area contributed by atoms with Crippen molar-refractivity contribution in [2.75, 3.05) is 11.9 Å². The molecule has 0 spiro atoms. The van der Waals surface area contributed by atoms with E-state index in [1.807, 2.05) is 18.2 Å². The van der Waals surface area contributed by atoms with Crippen LogP contribution in [0.3, 0.4) is 0 Å². The van der Waals surface area contributed by atoms with Gasteiger partial charge in [-0.3, -0.25) is 0 Å². The second-order valence-electron chi connectivity index (χ2n) is 5.49. The molecule has 0 bridgehead atoms. The van der Waals surface area contributed by atoms with Crippen LogP contribution in [-0.2, 0) is 0 Å². The number of rotatable bonds is 9. The highest BCUT2D eigenvalue weighted by molar-refractivity contribution is 6.30. The molecule has 0 amide bonds. The zero-order valence-corrected chi connectivity index (χ0v) is 14.0. The van der Waals surface area contributed by atoms with E-state index in [0.717, 1.165) is 41.8 Å². The first-order chi connectivity index (χ1) is 9.60. The predicted molar refractivity (Wildman–Crippen MR) is 89.0 cm³/mol. The minimum atomic E-state index is 0.465. The molecular weight excluding hydrogens is 270 g/mol. The summed E-state index contributed by atoms with van der Waals surface area (Å²) in [5.74, 6) is 1.63. The van der Waals surface area contributed by atoms with Gasteiger partial charge in [0.2, 0.25) is 0 Å². The van der Waals surface area contributed by atoms with E-state index in [4.69, 9.17) is 16.3 Å². The van der Waals surface area contributed by atoms with Crippen molar-refractivity contribution in [2.24, 2.45) is 5.92 Å². The van der Waals surface area contributed by atoms with Crippen molar-refractivity contribution < 1.29 is 4.74 Å². The van der Waals surface area contributed by atoms with Gasteiger partial charge in [-0.2, -0.15) is 0 Å². The van der Waals surface area contributed by atoms with Gasteiger partial charge in [0, 0.05) is 11.1 Å².